The summed E-state index contributed by atoms with van der Waals surface area (Å²) < 4.78 is 0. The van der Waals surface area contributed by atoms with Crippen molar-refractivity contribution < 1.29 is 19.5 Å². The molecule has 0 heterocycles. The number of carboxylic acids is 1. The van der Waals surface area contributed by atoms with E-state index in [2.05, 4.69) is 5.32 Å². The van der Waals surface area contributed by atoms with Crippen molar-refractivity contribution >= 4 is 17.8 Å². The topological polar surface area (TPSA) is 86.7 Å². The van der Waals surface area contributed by atoms with Crippen molar-refractivity contribution in [2.75, 3.05) is 20.1 Å². The molecule has 0 aliphatic rings. The normalized spacial score (nSPS) is 13.8. The van der Waals surface area contributed by atoms with Gasteiger partial charge in [-0.3, -0.25) is 14.4 Å². The third kappa shape index (κ3) is 4.54. The number of nitrogens with zero attached hydrogens (tertiary/aromatic N) is 1. The van der Waals surface area contributed by atoms with E-state index in [4.69, 9.17) is 0 Å². The second-order valence-corrected chi connectivity index (χ2v) is 5.14. The fourth-order valence-corrected chi connectivity index (χ4v) is 1.58. The third-order valence-electron chi connectivity index (χ3n) is 3.63. The molecule has 6 nitrogen and oxygen atoms in total. The van der Waals surface area contributed by atoms with Crippen molar-refractivity contribution in [3.8, 4) is 0 Å². The molecular formula is C13H24N2O4. The van der Waals surface area contributed by atoms with Crippen LogP contribution in [0.4, 0.5) is 0 Å². The molecule has 0 radical (unpaired) electrons. The molecule has 0 saturated heterocycles. The summed E-state index contributed by atoms with van der Waals surface area (Å²) in [6.45, 7) is 7.20. The molecule has 0 aromatic heterocycles. The Morgan fingerprint density at radius 1 is 1.32 bits per heavy atom. The highest BCUT2D eigenvalue weighted by Crippen LogP contribution is 2.32. The molecule has 0 aliphatic carbocycles. The Bertz CT molecular complexity index is 355. The summed E-state index contributed by atoms with van der Waals surface area (Å²) in [5.41, 5.74) is -1.12. The van der Waals surface area contributed by atoms with E-state index in [-0.39, 0.29) is 30.7 Å². The molecule has 2 N–H and O–H groups in total. The number of aliphatic carboxylic acids is 1. The van der Waals surface area contributed by atoms with Crippen molar-refractivity contribution in [2.45, 2.75) is 34.1 Å². The number of rotatable bonds is 7. The van der Waals surface area contributed by atoms with Crippen molar-refractivity contribution in [1.82, 2.24) is 10.2 Å². The van der Waals surface area contributed by atoms with Crippen LogP contribution in [0.5, 0.6) is 0 Å². The first-order valence-corrected chi connectivity index (χ1v) is 6.40. The predicted molar refractivity (Wildman–Crippen MR) is 71.5 cm³/mol. The molecule has 110 valence electrons. The van der Waals surface area contributed by atoms with Crippen LogP contribution in [0.15, 0.2) is 0 Å². The quantitative estimate of drug-likeness (QED) is 0.715. The fourth-order valence-electron chi connectivity index (χ4n) is 1.58. The van der Waals surface area contributed by atoms with E-state index in [1.54, 1.807) is 27.7 Å². The van der Waals surface area contributed by atoms with Gasteiger partial charge in [-0.05, 0) is 19.8 Å². The fraction of sp³-hybridized carbons (Fsp3) is 0.769. The minimum absolute atomic E-state index is 0.0420. The number of carboxylic acid groups (broad SMARTS) is 1. The number of nitrogens with one attached hydrogen (secondary N) is 1. The van der Waals surface area contributed by atoms with Gasteiger partial charge in [0, 0.05) is 20.0 Å². The minimum Gasteiger partial charge on any atom is -0.481 e. The van der Waals surface area contributed by atoms with Crippen LogP contribution in [-0.2, 0) is 14.4 Å². The second-order valence-electron chi connectivity index (χ2n) is 5.14. The summed E-state index contributed by atoms with van der Waals surface area (Å²) >= 11 is 0. The zero-order valence-electron chi connectivity index (χ0n) is 12.3. The molecule has 0 aliphatic heterocycles. The molecule has 0 aromatic carbocycles. The molecule has 6 heteroatoms. The maximum atomic E-state index is 12.1. The molecular weight excluding hydrogens is 248 g/mol. The van der Waals surface area contributed by atoms with Crippen molar-refractivity contribution in [2.24, 2.45) is 11.3 Å². The van der Waals surface area contributed by atoms with Gasteiger partial charge in [0.25, 0.3) is 0 Å². The van der Waals surface area contributed by atoms with E-state index in [1.165, 1.54) is 11.9 Å². The zero-order chi connectivity index (χ0) is 15.2. The number of amides is 2. The molecule has 0 fully saturated rings. The smallest absolute Gasteiger partial charge is 0.310 e. The Hall–Kier alpha value is -1.59. The number of hydrogen-bond donors (Lipinski definition) is 2. The summed E-state index contributed by atoms with van der Waals surface area (Å²) in [6, 6.07) is 0. The number of carbonyl (C=O) groups excluding carboxylic acids is 2. The van der Waals surface area contributed by atoms with E-state index >= 15 is 0 Å². The zero-order valence-corrected chi connectivity index (χ0v) is 12.3. The molecule has 1 unspecified atom stereocenters. The van der Waals surface area contributed by atoms with Gasteiger partial charge in [0.1, 0.15) is 0 Å². The third-order valence-corrected chi connectivity index (χ3v) is 3.63. The average Bonchev–Trinajstić information content (AvgIpc) is 2.34. The van der Waals surface area contributed by atoms with E-state index in [0.717, 1.165) is 0 Å². The van der Waals surface area contributed by atoms with Crippen LogP contribution < -0.4 is 5.32 Å². The van der Waals surface area contributed by atoms with Gasteiger partial charge >= 0.3 is 5.97 Å². The first kappa shape index (κ1) is 17.4. The number of hydrogen-bond acceptors (Lipinski definition) is 3. The Morgan fingerprint density at radius 3 is 2.16 bits per heavy atom. The summed E-state index contributed by atoms with van der Waals surface area (Å²) in [5.74, 6) is -1.75. The number of likely N-dealkylation sites (N-methyl/N-ethyl adjacent to an activating group) is 2. The Kier molecular flexibility index (Phi) is 6.52. The first-order valence-electron chi connectivity index (χ1n) is 6.40. The van der Waals surface area contributed by atoms with Crippen LogP contribution >= 0.6 is 0 Å². The van der Waals surface area contributed by atoms with Crippen LogP contribution in [0.3, 0.4) is 0 Å². The molecule has 0 aromatic rings. The van der Waals surface area contributed by atoms with Gasteiger partial charge in [0.2, 0.25) is 11.8 Å². The van der Waals surface area contributed by atoms with Gasteiger partial charge in [0.15, 0.2) is 0 Å². The van der Waals surface area contributed by atoms with Crippen molar-refractivity contribution in [3.63, 3.8) is 0 Å². The maximum Gasteiger partial charge on any atom is 0.310 e. The molecule has 2 amide bonds. The van der Waals surface area contributed by atoms with Gasteiger partial charge in [-0.15, -0.1) is 0 Å². The van der Waals surface area contributed by atoms with Crippen LogP contribution in [0.1, 0.15) is 34.1 Å². The molecule has 0 bridgehead atoms. The Balaban J connectivity index is 4.89. The molecule has 0 saturated carbocycles. The van der Waals surface area contributed by atoms with Gasteiger partial charge < -0.3 is 15.3 Å². The standard InChI is InChI=1S/C13H24N2O4/c1-6-15(8-10(16)14-5)11(17)7-13(4,9(2)3)12(18)19/h9H,6-8H2,1-5H3,(H,14,16)(H,18,19). The molecule has 0 rings (SSSR count). The lowest BCUT2D eigenvalue weighted by Crippen LogP contribution is -2.44. The van der Waals surface area contributed by atoms with Gasteiger partial charge in [-0.25, -0.2) is 0 Å². The monoisotopic (exact) mass is 272 g/mol. The predicted octanol–water partition coefficient (Wildman–Crippen LogP) is 0.718. The maximum absolute atomic E-state index is 12.1. The van der Waals surface area contributed by atoms with E-state index in [0.29, 0.717) is 6.54 Å². The largest absolute Gasteiger partial charge is 0.481 e. The highest BCUT2D eigenvalue weighted by molar-refractivity contribution is 5.88. The minimum atomic E-state index is -1.12. The lowest BCUT2D eigenvalue weighted by atomic mass is 9.76. The van der Waals surface area contributed by atoms with E-state index < -0.39 is 11.4 Å². The van der Waals surface area contributed by atoms with Gasteiger partial charge in [-0.2, -0.15) is 0 Å². The molecule has 19 heavy (non-hydrogen) atoms. The molecule has 1 atom stereocenters. The summed E-state index contributed by atoms with van der Waals surface area (Å²) in [4.78, 5) is 36.1. The Morgan fingerprint density at radius 2 is 1.84 bits per heavy atom. The molecule has 0 spiro atoms. The lowest BCUT2D eigenvalue weighted by molar-refractivity contribution is -0.155. The van der Waals surface area contributed by atoms with Gasteiger partial charge in [0.05, 0.1) is 12.0 Å². The van der Waals surface area contributed by atoms with Gasteiger partial charge in [-0.1, -0.05) is 13.8 Å². The highest BCUT2D eigenvalue weighted by Gasteiger charge is 2.39. The Labute approximate surface area is 114 Å². The van der Waals surface area contributed by atoms with Crippen molar-refractivity contribution in [1.29, 1.82) is 0 Å². The van der Waals surface area contributed by atoms with Crippen LogP contribution in [0.25, 0.3) is 0 Å². The SMILES string of the molecule is CCN(CC(=O)NC)C(=O)CC(C)(C(=O)O)C(C)C. The summed E-state index contributed by atoms with van der Waals surface area (Å²) in [5, 5.41) is 11.7. The van der Waals surface area contributed by atoms with Crippen LogP contribution in [-0.4, -0.2) is 47.9 Å². The summed E-state index contributed by atoms with van der Waals surface area (Å²) in [6.07, 6.45) is -0.106. The van der Waals surface area contributed by atoms with E-state index in [9.17, 15) is 19.5 Å². The van der Waals surface area contributed by atoms with E-state index in [1.807, 2.05) is 0 Å². The summed E-state index contributed by atoms with van der Waals surface area (Å²) in [7, 11) is 1.50. The van der Waals surface area contributed by atoms with Crippen LogP contribution in [0.2, 0.25) is 0 Å². The highest BCUT2D eigenvalue weighted by atomic mass is 16.4. The number of carbonyl (C=O) groups is 3. The lowest BCUT2D eigenvalue weighted by Gasteiger charge is -2.31. The second kappa shape index (κ2) is 7.11. The van der Waals surface area contributed by atoms with Crippen molar-refractivity contribution in [3.05, 3.63) is 0 Å². The average molecular weight is 272 g/mol. The van der Waals surface area contributed by atoms with Crippen LogP contribution in [0, 0.1) is 11.3 Å². The first-order chi connectivity index (χ1) is 8.68.